The van der Waals surface area contributed by atoms with Crippen molar-refractivity contribution < 1.29 is 13.6 Å². The third kappa shape index (κ3) is 3.78. The second-order valence-electron chi connectivity index (χ2n) is 3.49. The number of carbonyl (C=O) groups excluding carboxylic acids is 1. The Hall–Kier alpha value is 0.254. The van der Waals surface area contributed by atoms with E-state index >= 15 is 0 Å². The fourth-order valence-corrected chi connectivity index (χ4v) is 90.4. The average molecular weight is 279 g/mol. The zero-order chi connectivity index (χ0) is 10.4. The fourth-order valence-electron chi connectivity index (χ4n) is 1.68. The van der Waals surface area contributed by atoms with Gasteiger partial charge in [-0.1, -0.05) is 13.5 Å². The van der Waals surface area contributed by atoms with Gasteiger partial charge in [0.1, 0.15) is 15.0 Å². The van der Waals surface area contributed by atoms with Crippen molar-refractivity contribution in [3.63, 3.8) is 0 Å². The van der Waals surface area contributed by atoms with Gasteiger partial charge in [0.05, 0.1) is 0 Å². The van der Waals surface area contributed by atoms with E-state index in [1.807, 2.05) is 0 Å². The molecule has 0 radical (unpaired) electrons. The lowest BCUT2D eigenvalue weighted by atomic mass is 10.5. The molecule has 2 atom stereocenters. The monoisotopic (exact) mass is 278 g/mol. The van der Waals surface area contributed by atoms with Gasteiger partial charge in [-0.25, -0.2) is 4.79 Å². The molecule has 0 spiro atoms. The van der Waals surface area contributed by atoms with Crippen LogP contribution in [-0.2, 0) is 13.6 Å². The lowest BCUT2D eigenvalue weighted by Gasteiger charge is -2.27. The van der Waals surface area contributed by atoms with Crippen LogP contribution in [-0.4, -0.2) is 55.2 Å². The molecule has 0 aliphatic carbocycles. The summed E-state index contributed by atoms with van der Waals surface area (Å²) in [7, 11) is -0.0783. The molecule has 8 heteroatoms. The minimum atomic E-state index is -1.00. The standard InChI is InChI=1S/C6H18O3Si5/c1-3-5(7)8-6(4-2)14-9-10-11-12-13-14/h3,6,14H,1,4,10-13H2,2H3. The van der Waals surface area contributed by atoms with Crippen molar-refractivity contribution >= 4 is 49.5 Å². The first kappa shape index (κ1) is 12.3. The molecule has 1 aliphatic heterocycles. The van der Waals surface area contributed by atoms with Crippen molar-refractivity contribution in [2.45, 2.75) is 19.1 Å². The highest BCUT2D eigenvalue weighted by molar-refractivity contribution is 7.58. The number of hydrogen-bond acceptors (Lipinski definition) is 3. The molecule has 80 valence electrons. The van der Waals surface area contributed by atoms with Crippen molar-refractivity contribution in [2.75, 3.05) is 0 Å². The van der Waals surface area contributed by atoms with Crippen LogP contribution in [0, 0.1) is 0 Å². The largest absolute Gasteiger partial charge is 0.466 e. The Kier molecular flexibility index (Phi) is 5.89. The summed E-state index contributed by atoms with van der Waals surface area (Å²) in [6.07, 6.45) is 2.22. The van der Waals surface area contributed by atoms with Crippen molar-refractivity contribution in [2.24, 2.45) is 0 Å². The molecule has 14 heavy (non-hydrogen) atoms. The summed E-state index contributed by atoms with van der Waals surface area (Å²) in [5.41, 5.74) is 0.182. The number of esters is 1. The van der Waals surface area contributed by atoms with Crippen molar-refractivity contribution in [3.8, 4) is 0 Å². The molecule has 1 heterocycles. The Bertz CT molecular complexity index is 206. The van der Waals surface area contributed by atoms with Crippen LogP contribution in [0.15, 0.2) is 12.7 Å². The van der Waals surface area contributed by atoms with Gasteiger partial charge in [0.25, 0.3) is 0 Å². The lowest BCUT2D eigenvalue weighted by Crippen LogP contribution is -2.52. The molecule has 0 N–H and O–H groups in total. The van der Waals surface area contributed by atoms with E-state index in [9.17, 15) is 4.79 Å². The van der Waals surface area contributed by atoms with E-state index in [-0.39, 0.29) is 29.5 Å². The van der Waals surface area contributed by atoms with E-state index in [0.29, 0.717) is 17.1 Å². The van der Waals surface area contributed by atoms with Gasteiger partial charge >= 0.3 is 5.97 Å². The van der Waals surface area contributed by atoms with Gasteiger partial charge in [0.15, 0.2) is 8.56 Å². The van der Waals surface area contributed by atoms with Crippen LogP contribution >= 0.6 is 0 Å². The zero-order valence-electron chi connectivity index (χ0n) is 8.70. The Morgan fingerprint density at radius 1 is 1.71 bits per heavy atom. The van der Waals surface area contributed by atoms with Crippen molar-refractivity contribution in [1.29, 1.82) is 0 Å². The van der Waals surface area contributed by atoms with Gasteiger partial charge in [0, 0.05) is 23.2 Å². The van der Waals surface area contributed by atoms with Gasteiger partial charge < -0.3 is 8.85 Å². The van der Waals surface area contributed by atoms with Crippen LogP contribution in [0.25, 0.3) is 0 Å². The Balaban J connectivity index is 2.42. The quantitative estimate of drug-likeness (QED) is 0.306. The normalized spacial score (nSPS) is 30.8. The number of carbonyl (C=O) groups is 1. The van der Waals surface area contributed by atoms with Crippen LogP contribution < -0.4 is 0 Å². The van der Waals surface area contributed by atoms with Gasteiger partial charge in [-0.05, 0) is 15.0 Å². The summed E-state index contributed by atoms with van der Waals surface area (Å²) in [5, 5.41) is 0. The minimum Gasteiger partial charge on any atom is -0.466 e. The lowest BCUT2D eigenvalue weighted by molar-refractivity contribution is -0.140. The molecular weight excluding hydrogens is 260 g/mol. The molecule has 0 saturated carbocycles. The topological polar surface area (TPSA) is 35.5 Å². The second-order valence-corrected chi connectivity index (χ2v) is 36.6. The highest BCUT2D eigenvalue weighted by Crippen LogP contribution is 2.05. The van der Waals surface area contributed by atoms with Crippen LogP contribution in [0.3, 0.4) is 0 Å². The molecule has 1 fully saturated rings. The predicted octanol–water partition coefficient (Wildman–Crippen LogP) is -3.38. The summed E-state index contributed by atoms with van der Waals surface area (Å²) < 4.78 is 11.4. The van der Waals surface area contributed by atoms with Crippen LogP contribution in [0.1, 0.15) is 13.3 Å². The summed E-state index contributed by atoms with van der Waals surface area (Å²) in [6.45, 7) is 5.53. The molecule has 0 aromatic carbocycles. The highest BCUT2D eigenvalue weighted by atomic mass is 29.9. The molecule has 1 aliphatic rings. The number of hydrogen-bond donors (Lipinski definition) is 0. The molecule has 0 amide bonds. The van der Waals surface area contributed by atoms with Gasteiger partial charge in [-0.2, -0.15) is 0 Å². The van der Waals surface area contributed by atoms with Gasteiger partial charge in [-0.15, -0.1) is 0 Å². The van der Waals surface area contributed by atoms with Crippen LogP contribution in [0.5, 0.6) is 0 Å². The average Bonchev–Trinajstić information content (AvgIpc) is 2.26. The van der Waals surface area contributed by atoms with Crippen LogP contribution in [0.2, 0.25) is 0 Å². The summed E-state index contributed by atoms with van der Waals surface area (Å²) in [6, 6.07) is 0. The minimum absolute atomic E-state index is 0.0513. The maximum Gasteiger partial charge on any atom is 0.330 e. The van der Waals surface area contributed by atoms with Gasteiger partial charge in [-0.3, -0.25) is 0 Å². The predicted molar refractivity (Wildman–Crippen MR) is 72.8 cm³/mol. The van der Waals surface area contributed by atoms with Gasteiger partial charge in [0.2, 0.25) is 0 Å². The zero-order valence-corrected chi connectivity index (χ0v) is 15.5. The molecular formula is C6H18O3Si5. The molecule has 0 aromatic heterocycles. The van der Waals surface area contributed by atoms with Crippen LogP contribution in [0.4, 0.5) is 0 Å². The van der Waals surface area contributed by atoms with E-state index in [4.69, 9.17) is 8.85 Å². The maximum atomic E-state index is 11.1. The van der Waals surface area contributed by atoms with Crippen molar-refractivity contribution in [1.82, 2.24) is 0 Å². The molecule has 0 bridgehead atoms. The summed E-state index contributed by atoms with van der Waals surface area (Å²) in [4.78, 5) is 11.1. The summed E-state index contributed by atoms with van der Waals surface area (Å²) >= 11 is 0. The third-order valence-electron chi connectivity index (χ3n) is 2.47. The Labute approximate surface area is 94.9 Å². The molecule has 1 rings (SSSR count). The first-order chi connectivity index (χ1) is 6.77. The van der Waals surface area contributed by atoms with Crippen molar-refractivity contribution in [3.05, 3.63) is 12.7 Å². The third-order valence-corrected chi connectivity index (χ3v) is 59.9. The maximum absolute atomic E-state index is 11.1. The number of ether oxygens (including phenoxy) is 1. The van der Waals surface area contributed by atoms with E-state index in [1.54, 1.807) is 0 Å². The van der Waals surface area contributed by atoms with E-state index < -0.39 is 8.56 Å². The Morgan fingerprint density at radius 3 is 3.00 bits per heavy atom. The SMILES string of the molecule is C=CC(=O)OC(CC)[SiH]1O[SiH2][SiH2][SiH2][SiH2]1. The second kappa shape index (κ2) is 6.69. The smallest absolute Gasteiger partial charge is 0.330 e. The summed E-state index contributed by atoms with van der Waals surface area (Å²) in [5.74, 6) is -0.256. The molecule has 3 nitrogen and oxygen atoms in total. The highest BCUT2D eigenvalue weighted by Gasteiger charge is 2.28. The van der Waals surface area contributed by atoms with E-state index in [1.165, 1.54) is 6.08 Å². The first-order valence-corrected chi connectivity index (χ1v) is 22.2. The molecule has 0 aromatic rings. The fraction of sp³-hybridized carbons (Fsp3) is 0.500. The van der Waals surface area contributed by atoms with E-state index in [0.717, 1.165) is 6.42 Å². The van der Waals surface area contributed by atoms with E-state index in [2.05, 4.69) is 13.5 Å². The number of rotatable bonds is 4. The molecule has 2 unspecified atom stereocenters. The Morgan fingerprint density at radius 2 is 2.50 bits per heavy atom. The first-order valence-electron chi connectivity index (χ1n) is 5.22. The molecule has 1 saturated heterocycles.